The van der Waals surface area contributed by atoms with Gasteiger partial charge < -0.3 is 10.1 Å². The van der Waals surface area contributed by atoms with Crippen molar-refractivity contribution in [2.24, 2.45) is 0 Å². The molecule has 0 bridgehead atoms. The Balaban J connectivity index is 2.28. The van der Waals surface area contributed by atoms with Gasteiger partial charge in [-0.1, -0.05) is 26.8 Å². The van der Waals surface area contributed by atoms with Crippen LogP contribution in [0.1, 0.15) is 64.0 Å². The van der Waals surface area contributed by atoms with Gasteiger partial charge in [-0.3, -0.25) is 0 Å². The largest absolute Gasteiger partial charge is 0.494 e. The average Bonchev–Trinajstić information content (AvgIpc) is 2.41. The molecule has 0 unspecified atom stereocenters. The minimum atomic E-state index is 0.553. The molecule has 0 aromatic heterocycles. The van der Waals surface area contributed by atoms with Crippen LogP contribution in [0.15, 0.2) is 18.2 Å². The Morgan fingerprint density at radius 2 is 1.85 bits per heavy atom. The third-order valence-electron chi connectivity index (χ3n) is 3.68. The molecule has 2 nitrogen and oxygen atoms in total. The van der Waals surface area contributed by atoms with Gasteiger partial charge in [0.25, 0.3) is 0 Å². The molecule has 0 radical (unpaired) electrons. The van der Waals surface area contributed by atoms with Gasteiger partial charge in [-0.05, 0) is 68.8 Å². The van der Waals surface area contributed by atoms with Crippen molar-refractivity contribution < 1.29 is 4.74 Å². The van der Waals surface area contributed by atoms with Gasteiger partial charge in [0.15, 0.2) is 0 Å². The molecule has 1 aromatic carbocycles. The Kier molecular flexibility index (Phi) is 7.68. The molecule has 0 saturated carbocycles. The fourth-order valence-corrected chi connectivity index (χ4v) is 2.10. The average molecular weight is 277 g/mol. The van der Waals surface area contributed by atoms with Crippen LogP contribution in [-0.4, -0.2) is 19.2 Å². The Morgan fingerprint density at radius 3 is 2.50 bits per heavy atom. The number of unbranched alkanes of at least 4 members (excludes halogenated alkanes) is 1. The highest BCUT2D eigenvalue weighted by molar-refractivity contribution is 5.35. The van der Waals surface area contributed by atoms with E-state index < -0.39 is 0 Å². The molecule has 1 atom stereocenters. The lowest BCUT2D eigenvalue weighted by atomic mass is 10.0. The van der Waals surface area contributed by atoms with Gasteiger partial charge in [-0.2, -0.15) is 0 Å². The van der Waals surface area contributed by atoms with Gasteiger partial charge in [0, 0.05) is 6.04 Å². The first-order valence-corrected chi connectivity index (χ1v) is 8.00. The first-order valence-electron chi connectivity index (χ1n) is 8.00. The molecule has 0 aliphatic rings. The maximum absolute atomic E-state index is 5.88. The van der Waals surface area contributed by atoms with Crippen molar-refractivity contribution in [2.75, 3.05) is 13.2 Å². The summed E-state index contributed by atoms with van der Waals surface area (Å²) < 4.78 is 5.88. The summed E-state index contributed by atoms with van der Waals surface area (Å²) in [6.45, 7) is 12.9. The smallest absolute Gasteiger partial charge is 0.119 e. The first-order chi connectivity index (χ1) is 9.52. The molecular formula is C18H31NO. The minimum Gasteiger partial charge on any atom is -0.494 e. The number of rotatable bonds is 9. The van der Waals surface area contributed by atoms with Gasteiger partial charge in [0.2, 0.25) is 0 Å². The number of nitrogens with one attached hydrogen (secondary N) is 1. The molecule has 0 aliphatic carbocycles. The summed E-state index contributed by atoms with van der Waals surface area (Å²) in [4.78, 5) is 0. The van der Waals surface area contributed by atoms with Crippen LogP contribution in [0, 0.1) is 6.92 Å². The van der Waals surface area contributed by atoms with Crippen LogP contribution in [0.25, 0.3) is 0 Å². The fourth-order valence-electron chi connectivity index (χ4n) is 2.10. The van der Waals surface area contributed by atoms with E-state index in [-0.39, 0.29) is 0 Å². The summed E-state index contributed by atoms with van der Waals surface area (Å²) in [7, 11) is 0. The van der Waals surface area contributed by atoms with E-state index in [0.29, 0.717) is 12.0 Å². The van der Waals surface area contributed by atoms with E-state index >= 15 is 0 Å². The zero-order chi connectivity index (χ0) is 15.0. The lowest BCUT2D eigenvalue weighted by Crippen LogP contribution is -2.26. The van der Waals surface area contributed by atoms with E-state index in [0.717, 1.165) is 25.3 Å². The Bertz CT molecular complexity index is 387. The lowest BCUT2D eigenvalue weighted by molar-refractivity contribution is 0.304. The molecule has 1 rings (SSSR count). The standard InChI is InChI=1S/C18H31NO/c1-6-16(5)19-9-7-8-10-20-18-12-15(4)11-17(13-18)14(2)3/h11-14,16,19H,6-10H2,1-5H3/t16-/m0/s1. The van der Waals surface area contributed by atoms with Gasteiger partial charge in [0.1, 0.15) is 5.75 Å². The quantitative estimate of drug-likeness (QED) is 0.663. The monoisotopic (exact) mass is 277 g/mol. The summed E-state index contributed by atoms with van der Waals surface area (Å²) in [6, 6.07) is 7.17. The summed E-state index contributed by atoms with van der Waals surface area (Å²) in [5.41, 5.74) is 2.64. The van der Waals surface area contributed by atoms with E-state index in [1.165, 1.54) is 24.0 Å². The molecule has 2 heteroatoms. The predicted octanol–water partition coefficient (Wildman–Crippen LogP) is 4.67. The predicted molar refractivity (Wildman–Crippen MR) is 87.8 cm³/mol. The first kappa shape index (κ1) is 17.0. The molecule has 1 N–H and O–H groups in total. The number of ether oxygens (including phenoxy) is 1. The van der Waals surface area contributed by atoms with E-state index in [2.05, 4.69) is 58.1 Å². The number of hydrogen-bond donors (Lipinski definition) is 1. The SMILES string of the molecule is CC[C@H](C)NCCCCOc1cc(C)cc(C(C)C)c1. The highest BCUT2D eigenvalue weighted by Gasteiger charge is 2.03. The molecule has 0 aliphatic heterocycles. The van der Waals surface area contributed by atoms with E-state index in [1.807, 2.05) is 0 Å². The molecule has 0 fully saturated rings. The van der Waals surface area contributed by atoms with E-state index in [4.69, 9.17) is 4.74 Å². The van der Waals surface area contributed by atoms with Crippen molar-refractivity contribution in [1.82, 2.24) is 5.32 Å². The van der Waals surface area contributed by atoms with Crippen molar-refractivity contribution in [2.45, 2.75) is 65.8 Å². The summed E-state index contributed by atoms with van der Waals surface area (Å²) >= 11 is 0. The maximum atomic E-state index is 5.88. The fraction of sp³-hybridized carbons (Fsp3) is 0.667. The van der Waals surface area contributed by atoms with Crippen LogP contribution in [0.5, 0.6) is 5.75 Å². The van der Waals surface area contributed by atoms with E-state index in [9.17, 15) is 0 Å². The van der Waals surface area contributed by atoms with Crippen molar-refractivity contribution >= 4 is 0 Å². The lowest BCUT2D eigenvalue weighted by Gasteiger charge is -2.13. The van der Waals surface area contributed by atoms with Crippen molar-refractivity contribution in [3.8, 4) is 5.75 Å². The Labute approximate surface area is 124 Å². The normalized spacial score (nSPS) is 12.7. The van der Waals surface area contributed by atoms with Gasteiger partial charge in [0.05, 0.1) is 6.61 Å². The second-order valence-corrected chi connectivity index (χ2v) is 6.05. The highest BCUT2D eigenvalue weighted by Crippen LogP contribution is 2.22. The van der Waals surface area contributed by atoms with Crippen molar-refractivity contribution in [3.63, 3.8) is 0 Å². The molecule has 20 heavy (non-hydrogen) atoms. The van der Waals surface area contributed by atoms with Gasteiger partial charge >= 0.3 is 0 Å². The van der Waals surface area contributed by atoms with Crippen LogP contribution in [0.4, 0.5) is 0 Å². The summed E-state index contributed by atoms with van der Waals surface area (Å²) in [5.74, 6) is 1.57. The maximum Gasteiger partial charge on any atom is 0.119 e. The van der Waals surface area contributed by atoms with Gasteiger partial charge in [-0.25, -0.2) is 0 Å². The molecule has 0 amide bonds. The van der Waals surface area contributed by atoms with Crippen LogP contribution < -0.4 is 10.1 Å². The van der Waals surface area contributed by atoms with E-state index in [1.54, 1.807) is 0 Å². The zero-order valence-electron chi connectivity index (χ0n) is 13.8. The van der Waals surface area contributed by atoms with Crippen LogP contribution >= 0.6 is 0 Å². The number of hydrogen-bond acceptors (Lipinski definition) is 2. The zero-order valence-corrected chi connectivity index (χ0v) is 13.8. The number of benzene rings is 1. The minimum absolute atomic E-state index is 0.553. The van der Waals surface area contributed by atoms with Crippen LogP contribution in [0.3, 0.4) is 0 Å². The van der Waals surface area contributed by atoms with Crippen molar-refractivity contribution in [3.05, 3.63) is 29.3 Å². The molecule has 1 aromatic rings. The molecule has 114 valence electrons. The third-order valence-corrected chi connectivity index (χ3v) is 3.68. The second kappa shape index (κ2) is 9.02. The van der Waals surface area contributed by atoms with Gasteiger partial charge in [-0.15, -0.1) is 0 Å². The topological polar surface area (TPSA) is 21.3 Å². The molecule has 0 saturated heterocycles. The number of aryl methyl sites for hydroxylation is 1. The molecule has 0 spiro atoms. The Morgan fingerprint density at radius 1 is 1.10 bits per heavy atom. The Hall–Kier alpha value is -1.02. The van der Waals surface area contributed by atoms with Crippen LogP contribution in [-0.2, 0) is 0 Å². The third kappa shape index (κ3) is 6.42. The molecular weight excluding hydrogens is 246 g/mol. The van der Waals surface area contributed by atoms with Crippen molar-refractivity contribution in [1.29, 1.82) is 0 Å². The highest BCUT2D eigenvalue weighted by atomic mass is 16.5. The molecule has 0 heterocycles. The summed E-state index contributed by atoms with van der Waals surface area (Å²) in [6.07, 6.45) is 3.47. The second-order valence-electron chi connectivity index (χ2n) is 6.05. The van der Waals surface area contributed by atoms with Crippen LogP contribution in [0.2, 0.25) is 0 Å². The summed E-state index contributed by atoms with van der Waals surface area (Å²) in [5, 5.41) is 3.51.